The van der Waals surface area contributed by atoms with Crippen LogP contribution < -0.4 is 15.0 Å². The topological polar surface area (TPSA) is 70.6 Å². The highest BCUT2D eigenvalue weighted by Crippen LogP contribution is 2.27. The number of fused-ring (bicyclic) bond motifs is 1. The fraction of sp³-hybridized carbons (Fsp3) is 0.393. The number of carbonyl (C=O) groups excluding carboxylic acids is 1. The first kappa shape index (κ1) is 24.2. The lowest BCUT2D eigenvalue weighted by Crippen LogP contribution is -2.44. The maximum Gasteiger partial charge on any atom is 0.248 e. The minimum atomic E-state index is -0.451. The first-order valence-corrected chi connectivity index (χ1v) is 12.6. The molecule has 1 N–H and O–H groups in total. The van der Waals surface area contributed by atoms with Crippen molar-refractivity contribution in [3.8, 4) is 5.75 Å². The van der Waals surface area contributed by atoms with Gasteiger partial charge in [0.25, 0.3) is 0 Å². The molecule has 2 saturated heterocycles. The molecule has 2 fully saturated rings. The number of aromatic nitrogens is 2. The van der Waals surface area contributed by atoms with Crippen LogP contribution in [0.5, 0.6) is 5.75 Å². The van der Waals surface area contributed by atoms with E-state index in [2.05, 4.69) is 15.1 Å². The van der Waals surface area contributed by atoms with Crippen molar-refractivity contribution < 1.29 is 13.9 Å². The second kappa shape index (κ2) is 10.6. The highest BCUT2D eigenvalue weighted by molar-refractivity contribution is 6.03. The second-order valence-electron chi connectivity index (χ2n) is 9.51. The number of hydrogen-bond acceptors (Lipinski definition) is 6. The minimum absolute atomic E-state index is 0.311. The Kier molecular flexibility index (Phi) is 7.13. The molecule has 0 saturated carbocycles. The van der Waals surface area contributed by atoms with Crippen molar-refractivity contribution >= 4 is 34.5 Å². The van der Waals surface area contributed by atoms with Crippen molar-refractivity contribution in [2.24, 2.45) is 0 Å². The Hall–Kier alpha value is -3.52. The number of carbonyl (C=O) groups is 1. The minimum Gasteiger partial charge on any atom is -0.497 e. The summed E-state index contributed by atoms with van der Waals surface area (Å²) in [5.41, 5.74) is 2.68. The molecule has 36 heavy (non-hydrogen) atoms. The van der Waals surface area contributed by atoms with E-state index in [1.165, 1.54) is 51.3 Å². The molecule has 7 nitrogen and oxygen atoms in total. The molecule has 2 aliphatic rings. The molecule has 8 heteroatoms. The Labute approximate surface area is 211 Å². The maximum absolute atomic E-state index is 14.1. The van der Waals surface area contributed by atoms with Crippen molar-refractivity contribution in [3.63, 3.8) is 0 Å². The predicted octanol–water partition coefficient (Wildman–Crippen LogP) is 4.80. The molecule has 1 amide bonds. The van der Waals surface area contributed by atoms with Crippen LogP contribution in [0, 0.1) is 12.7 Å². The van der Waals surface area contributed by atoms with Gasteiger partial charge in [0.1, 0.15) is 11.6 Å². The SMILES string of the molecule is COc1ccc(/C=C/C(=O)Nc2ccc3nc(N4CCC(N5CCCC5)CC4)nc(C)c3c2)c(F)c1. The number of methoxy groups -OCH3 is 1. The van der Waals surface area contributed by atoms with Crippen LogP contribution >= 0.6 is 0 Å². The molecule has 5 rings (SSSR count). The van der Waals surface area contributed by atoms with E-state index in [-0.39, 0.29) is 5.91 Å². The summed E-state index contributed by atoms with van der Waals surface area (Å²) in [5.74, 6) is 0.410. The first-order chi connectivity index (χ1) is 17.5. The summed E-state index contributed by atoms with van der Waals surface area (Å²) in [6.45, 7) is 6.40. The third kappa shape index (κ3) is 5.33. The van der Waals surface area contributed by atoms with Gasteiger partial charge in [-0.1, -0.05) is 0 Å². The molecule has 2 aromatic carbocycles. The van der Waals surface area contributed by atoms with Crippen LogP contribution in [0.15, 0.2) is 42.5 Å². The molecule has 0 unspecified atom stereocenters. The monoisotopic (exact) mass is 489 g/mol. The molecule has 3 aromatic rings. The van der Waals surface area contributed by atoms with Crippen LogP contribution in [-0.4, -0.2) is 60.1 Å². The second-order valence-corrected chi connectivity index (χ2v) is 9.51. The van der Waals surface area contributed by atoms with Gasteiger partial charge in [-0.15, -0.1) is 0 Å². The molecule has 0 atom stereocenters. The zero-order chi connectivity index (χ0) is 25.1. The number of nitrogens with zero attached hydrogens (tertiary/aromatic N) is 4. The molecule has 3 heterocycles. The summed E-state index contributed by atoms with van der Waals surface area (Å²) in [7, 11) is 1.48. The first-order valence-electron chi connectivity index (χ1n) is 12.6. The summed E-state index contributed by atoms with van der Waals surface area (Å²) in [5, 5.41) is 3.74. The molecule has 1 aromatic heterocycles. The van der Waals surface area contributed by atoms with Gasteiger partial charge in [-0.25, -0.2) is 14.4 Å². The van der Waals surface area contributed by atoms with Crippen molar-refractivity contribution in [1.29, 1.82) is 0 Å². The molecule has 0 aliphatic carbocycles. The van der Waals surface area contributed by atoms with Crippen molar-refractivity contribution in [1.82, 2.24) is 14.9 Å². The molecule has 0 radical (unpaired) electrons. The number of rotatable bonds is 6. The Balaban J connectivity index is 1.25. The number of piperidine rings is 1. The number of ether oxygens (including phenoxy) is 1. The Bertz CT molecular complexity index is 1280. The van der Waals surface area contributed by atoms with E-state index in [1.807, 2.05) is 25.1 Å². The summed E-state index contributed by atoms with van der Waals surface area (Å²) in [6.07, 6.45) is 7.71. The fourth-order valence-corrected chi connectivity index (χ4v) is 5.14. The van der Waals surface area contributed by atoms with Gasteiger partial charge < -0.3 is 19.9 Å². The van der Waals surface area contributed by atoms with Gasteiger partial charge in [-0.2, -0.15) is 0 Å². The normalized spacial score (nSPS) is 17.2. The highest BCUT2D eigenvalue weighted by Gasteiger charge is 2.27. The number of benzene rings is 2. The van der Waals surface area contributed by atoms with Gasteiger partial charge in [0.2, 0.25) is 11.9 Å². The average molecular weight is 490 g/mol. The van der Waals surface area contributed by atoms with Gasteiger partial charge >= 0.3 is 0 Å². The van der Waals surface area contributed by atoms with Crippen molar-refractivity contribution in [2.45, 2.75) is 38.6 Å². The van der Waals surface area contributed by atoms with E-state index < -0.39 is 5.82 Å². The zero-order valence-corrected chi connectivity index (χ0v) is 20.8. The average Bonchev–Trinajstić information content (AvgIpc) is 3.43. The van der Waals surface area contributed by atoms with Gasteiger partial charge in [0.05, 0.1) is 18.3 Å². The third-order valence-electron chi connectivity index (χ3n) is 7.17. The molecule has 188 valence electrons. The Morgan fingerprint density at radius 2 is 1.86 bits per heavy atom. The summed E-state index contributed by atoms with van der Waals surface area (Å²) in [4.78, 5) is 27.0. The number of aryl methyl sites for hydroxylation is 1. The maximum atomic E-state index is 14.1. The number of nitrogens with one attached hydrogen (secondary N) is 1. The van der Waals surface area contributed by atoms with Crippen LogP contribution in [0.3, 0.4) is 0 Å². The van der Waals surface area contributed by atoms with E-state index in [0.29, 0.717) is 23.0 Å². The van der Waals surface area contributed by atoms with Gasteiger partial charge in [-0.05, 0) is 82.1 Å². The lowest BCUT2D eigenvalue weighted by atomic mass is 10.0. The number of likely N-dealkylation sites (tertiary alicyclic amines) is 1. The van der Waals surface area contributed by atoms with Gasteiger partial charge in [-0.3, -0.25) is 4.79 Å². The number of halogens is 1. The van der Waals surface area contributed by atoms with E-state index in [9.17, 15) is 9.18 Å². The van der Waals surface area contributed by atoms with Crippen LogP contribution in [0.4, 0.5) is 16.0 Å². The lowest BCUT2D eigenvalue weighted by molar-refractivity contribution is -0.111. The highest BCUT2D eigenvalue weighted by atomic mass is 19.1. The molecular formula is C28H32FN5O2. The molecule has 2 aliphatic heterocycles. The van der Waals surface area contributed by atoms with E-state index >= 15 is 0 Å². The van der Waals surface area contributed by atoms with E-state index in [0.717, 1.165) is 48.5 Å². The number of amides is 1. The largest absolute Gasteiger partial charge is 0.497 e. The smallest absolute Gasteiger partial charge is 0.248 e. The Morgan fingerprint density at radius 3 is 2.58 bits per heavy atom. The van der Waals surface area contributed by atoms with Crippen LogP contribution in [0.2, 0.25) is 0 Å². The van der Waals surface area contributed by atoms with E-state index in [4.69, 9.17) is 14.7 Å². The lowest BCUT2D eigenvalue weighted by Gasteiger charge is -2.36. The van der Waals surface area contributed by atoms with Crippen molar-refractivity contribution in [3.05, 3.63) is 59.5 Å². The third-order valence-corrected chi connectivity index (χ3v) is 7.17. The quantitative estimate of drug-likeness (QED) is 0.502. The van der Waals surface area contributed by atoms with Crippen molar-refractivity contribution in [2.75, 3.05) is 43.5 Å². The van der Waals surface area contributed by atoms with Gasteiger partial charge in [0.15, 0.2) is 0 Å². The number of hydrogen-bond donors (Lipinski definition) is 1. The summed E-state index contributed by atoms with van der Waals surface area (Å²) < 4.78 is 19.1. The zero-order valence-electron chi connectivity index (χ0n) is 20.8. The molecular weight excluding hydrogens is 457 g/mol. The van der Waals surface area contributed by atoms with Gasteiger partial charge in [0, 0.05) is 47.9 Å². The van der Waals surface area contributed by atoms with Crippen LogP contribution in [-0.2, 0) is 4.79 Å². The summed E-state index contributed by atoms with van der Waals surface area (Å²) >= 11 is 0. The van der Waals surface area contributed by atoms with E-state index in [1.54, 1.807) is 12.1 Å². The Morgan fingerprint density at radius 1 is 1.08 bits per heavy atom. The number of anilines is 2. The fourth-order valence-electron chi connectivity index (χ4n) is 5.14. The predicted molar refractivity (Wildman–Crippen MR) is 141 cm³/mol. The molecule has 0 bridgehead atoms. The standard InChI is InChI=1S/C28H32FN5O2/c1-19-24-17-21(31-27(35)10-6-20-5-8-23(36-2)18-25(20)29)7-9-26(24)32-28(30-19)34-15-11-22(12-16-34)33-13-3-4-14-33/h5-10,17-18,22H,3-4,11-16H2,1-2H3,(H,31,35)/b10-6+. The summed E-state index contributed by atoms with van der Waals surface area (Å²) in [6, 6.07) is 10.8. The molecule has 0 spiro atoms. The van der Waals surface area contributed by atoms with Crippen LogP contribution in [0.1, 0.15) is 36.9 Å². The van der Waals surface area contributed by atoms with Crippen LogP contribution in [0.25, 0.3) is 17.0 Å².